The van der Waals surface area contributed by atoms with Crippen molar-refractivity contribution in [3.05, 3.63) is 0 Å². The second-order valence-electron chi connectivity index (χ2n) is 5.33. The van der Waals surface area contributed by atoms with Gasteiger partial charge in [-0.05, 0) is 20.8 Å². The molecule has 1 aliphatic carbocycles. The zero-order valence-corrected chi connectivity index (χ0v) is 11.1. The number of carbonyl (C=O) groups excluding carboxylic acids is 3. The van der Waals surface area contributed by atoms with E-state index in [1.54, 1.807) is 20.8 Å². The van der Waals surface area contributed by atoms with Crippen LogP contribution in [0.1, 0.15) is 33.6 Å². The van der Waals surface area contributed by atoms with Crippen LogP contribution in [0.3, 0.4) is 0 Å². The van der Waals surface area contributed by atoms with Crippen LogP contribution in [0, 0.1) is 5.92 Å². The molecule has 0 unspecified atom stereocenters. The maximum Gasteiger partial charge on any atom is 0.407 e. The zero-order valence-electron chi connectivity index (χ0n) is 11.1. The molecule has 0 aromatic heterocycles. The van der Waals surface area contributed by atoms with Gasteiger partial charge in [-0.15, -0.1) is 0 Å². The molecule has 0 bridgehead atoms. The van der Waals surface area contributed by atoms with E-state index in [2.05, 4.69) is 10.1 Å². The van der Waals surface area contributed by atoms with Crippen LogP contribution >= 0.6 is 0 Å². The molecule has 6 heteroatoms. The second kappa shape index (κ2) is 5.37. The molecule has 1 rings (SSSR count). The fraction of sp³-hybridized carbons (Fsp3) is 0.750. The van der Waals surface area contributed by atoms with Crippen molar-refractivity contribution in [2.75, 3.05) is 7.11 Å². The quantitative estimate of drug-likeness (QED) is 0.747. The van der Waals surface area contributed by atoms with Crippen molar-refractivity contribution in [2.45, 2.75) is 45.3 Å². The smallest absolute Gasteiger partial charge is 0.407 e. The Hall–Kier alpha value is -1.59. The van der Waals surface area contributed by atoms with Crippen LogP contribution < -0.4 is 5.32 Å². The minimum absolute atomic E-state index is 0.0635. The summed E-state index contributed by atoms with van der Waals surface area (Å²) in [5.41, 5.74) is -0.618. The van der Waals surface area contributed by atoms with E-state index in [9.17, 15) is 14.4 Å². The first kappa shape index (κ1) is 14.5. The second-order valence-corrected chi connectivity index (χ2v) is 5.33. The molecule has 1 saturated carbocycles. The van der Waals surface area contributed by atoms with E-state index in [1.807, 2.05) is 0 Å². The van der Waals surface area contributed by atoms with Crippen molar-refractivity contribution in [1.29, 1.82) is 0 Å². The highest BCUT2D eigenvalue weighted by Gasteiger charge is 2.40. The third-order valence-corrected chi connectivity index (χ3v) is 2.59. The van der Waals surface area contributed by atoms with Gasteiger partial charge in [-0.25, -0.2) is 4.79 Å². The maximum atomic E-state index is 11.6. The number of esters is 1. The largest absolute Gasteiger partial charge is 0.469 e. The number of ketones is 1. The summed E-state index contributed by atoms with van der Waals surface area (Å²) < 4.78 is 9.70. The number of carbonyl (C=O) groups is 3. The van der Waals surface area contributed by atoms with E-state index in [4.69, 9.17) is 4.74 Å². The van der Waals surface area contributed by atoms with Gasteiger partial charge in [0.2, 0.25) is 0 Å². The number of amides is 1. The SMILES string of the molecule is COC(=O)[C@@H]1CC(=O)C[C@@H]1NC(=O)OC(C)(C)C. The van der Waals surface area contributed by atoms with Crippen molar-refractivity contribution < 1.29 is 23.9 Å². The first-order valence-electron chi connectivity index (χ1n) is 5.82. The molecule has 0 aliphatic heterocycles. The normalized spacial score (nSPS) is 23.7. The van der Waals surface area contributed by atoms with Gasteiger partial charge in [-0.2, -0.15) is 0 Å². The lowest BCUT2D eigenvalue weighted by atomic mass is 10.0. The van der Waals surface area contributed by atoms with Crippen molar-refractivity contribution in [1.82, 2.24) is 5.32 Å². The van der Waals surface area contributed by atoms with Gasteiger partial charge in [0.05, 0.1) is 19.1 Å². The lowest BCUT2D eigenvalue weighted by Crippen LogP contribution is -2.43. The van der Waals surface area contributed by atoms with E-state index >= 15 is 0 Å². The fourth-order valence-electron chi connectivity index (χ4n) is 1.87. The summed E-state index contributed by atoms with van der Waals surface area (Å²) >= 11 is 0. The molecule has 18 heavy (non-hydrogen) atoms. The van der Waals surface area contributed by atoms with Crippen molar-refractivity contribution in [2.24, 2.45) is 5.92 Å². The standard InChI is InChI=1S/C12H19NO5/c1-12(2,3)18-11(16)13-9-6-7(14)5-8(9)10(15)17-4/h8-9H,5-6H2,1-4H3,(H,13,16)/t8-,9+/m1/s1. The summed E-state index contributed by atoms with van der Waals surface area (Å²) in [6, 6.07) is -0.542. The highest BCUT2D eigenvalue weighted by Crippen LogP contribution is 2.24. The number of rotatable bonds is 2. The van der Waals surface area contributed by atoms with E-state index in [0.29, 0.717) is 0 Å². The minimum atomic E-state index is -0.629. The van der Waals surface area contributed by atoms with Gasteiger partial charge in [0.25, 0.3) is 0 Å². The van der Waals surface area contributed by atoms with Gasteiger partial charge >= 0.3 is 12.1 Å². The van der Waals surface area contributed by atoms with E-state index < -0.39 is 29.6 Å². The lowest BCUT2D eigenvalue weighted by Gasteiger charge is -2.23. The van der Waals surface area contributed by atoms with Gasteiger partial charge in [0.1, 0.15) is 11.4 Å². The highest BCUT2D eigenvalue weighted by molar-refractivity contribution is 5.90. The van der Waals surface area contributed by atoms with Gasteiger partial charge in [-0.3, -0.25) is 9.59 Å². The van der Waals surface area contributed by atoms with Gasteiger partial charge in [0.15, 0.2) is 0 Å². The summed E-state index contributed by atoms with van der Waals surface area (Å²) in [5.74, 6) is -1.16. The minimum Gasteiger partial charge on any atom is -0.469 e. The van der Waals surface area contributed by atoms with Crippen LogP contribution in [0.5, 0.6) is 0 Å². The Bertz CT molecular complexity index is 358. The molecule has 0 spiro atoms. The van der Waals surface area contributed by atoms with Gasteiger partial charge in [0, 0.05) is 12.8 Å². The average molecular weight is 257 g/mol. The first-order chi connectivity index (χ1) is 8.23. The molecule has 2 atom stereocenters. The molecule has 1 N–H and O–H groups in total. The zero-order chi connectivity index (χ0) is 13.9. The third kappa shape index (κ3) is 4.01. The van der Waals surface area contributed by atoms with Crippen LogP contribution in [0.25, 0.3) is 0 Å². The molecule has 102 valence electrons. The van der Waals surface area contributed by atoms with Crippen LogP contribution in [-0.4, -0.2) is 36.6 Å². The van der Waals surface area contributed by atoms with Gasteiger partial charge < -0.3 is 14.8 Å². The van der Waals surface area contributed by atoms with Crippen molar-refractivity contribution in [3.8, 4) is 0 Å². The van der Waals surface area contributed by atoms with Crippen molar-refractivity contribution in [3.63, 3.8) is 0 Å². The molecule has 0 aromatic carbocycles. The van der Waals surface area contributed by atoms with Gasteiger partial charge in [-0.1, -0.05) is 0 Å². The Morgan fingerprint density at radius 3 is 2.39 bits per heavy atom. The summed E-state index contributed by atoms with van der Waals surface area (Å²) in [7, 11) is 1.26. The monoisotopic (exact) mass is 257 g/mol. The number of hydrogen-bond donors (Lipinski definition) is 1. The molecule has 0 radical (unpaired) electrons. The number of Topliss-reactive ketones (excluding diaryl/α,β-unsaturated/α-hetero) is 1. The molecule has 1 fully saturated rings. The first-order valence-corrected chi connectivity index (χ1v) is 5.82. The lowest BCUT2D eigenvalue weighted by molar-refractivity contribution is -0.146. The van der Waals surface area contributed by atoms with Crippen LogP contribution in [0.15, 0.2) is 0 Å². The maximum absolute atomic E-state index is 11.6. The Balaban J connectivity index is 2.62. The number of hydrogen-bond acceptors (Lipinski definition) is 5. The third-order valence-electron chi connectivity index (χ3n) is 2.59. The fourth-order valence-corrected chi connectivity index (χ4v) is 1.87. The summed E-state index contributed by atoms with van der Waals surface area (Å²) in [6.07, 6.45) is -0.386. The molecule has 0 saturated heterocycles. The predicted molar refractivity (Wildman–Crippen MR) is 62.9 cm³/mol. The van der Waals surface area contributed by atoms with E-state index in [1.165, 1.54) is 7.11 Å². The molecule has 1 amide bonds. The molecule has 1 aliphatic rings. The Labute approximate surface area is 106 Å². The van der Waals surface area contributed by atoms with Crippen LogP contribution in [0.4, 0.5) is 4.79 Å². The highest BCUT2D eigenvalue weighted by atomic mass is 16.6. The number of methoxy groups -OCH3 is 1. The predicted octanol–water partition coefficient (Wildman–Crippen LogP) is 1.03. The number of ether oxygens (including phenoxy) is 2. The van der Waals surface area contributed by atoms with E-state index in [0.717, 1.165) is 0 Å². The van der Waals surface area contributed by atoms with Crippen LogP contribution in [0.2, 0.25) is 0 Å². The Morgan fingerprint density at radius 2 is 1.89 bits per heavy atom. The molecule has 0 heterocycles. The number of nitrogens with one attached hydrogen (secondary N) is 1. The average Bonchev–Trinajstić information content (AvgIpc) is 2.55. The molecular formula is C12H19NO5. The summed E-state index contributed by atoms with van der Waals surface area (Å²) in [5, 5.41) is 2.55. The summed E-state index contributed by atoms with van der Waals surface area (Å²) in [4.78, 5) is 34.4. The molecule has 6 nitrogen and oxygen atoms in total. The topological polar surface area (TPSA) is 81.7 Å². The van der Waals surface area contributed by atoms with Crippen molar-refractivity contribution >= 4 is 17.8 Å². The number of alkyl carbamates (subject to hydrolysis) is 1. The molecular weight excluding hydrogens is 238 g/mol. The Kier molecular flexibility index (Phi) is 4.32. The summed E-state index contributed by atoms with van der Waals surface area (Å²) in [6.45, 7) is 5.22. The van der Waals surface area contributed by atoms with E-state index in [-0.39, 0.29) is 18.6 Å². The Morgan fingerprint density at radius 1 is 1.28 bits per heavy atom. The van der Waals surface area contributed by atoms with Crippen LogP contribution in [-0.2, 0) is 19.1 Å². The molecule has 0 aromatic rings.